The largest absolute Gasteiger partial charge is 0.369 e. The lowest BCUT2D eigenvalue weighted by Crippen LogP contribution is -2.33. The Bertz CT molecular complexity index is 286. The SMILES string of the molecule is CCCNCCC(O)(P(=O)(O)O)P(=O)(O)O. The van der Waals surface area contributed by atoms with Crippen LogP contribution in [0.25, 0.3) is 0 Å². The number of hydrogen-bond donors (Lipinski definition) is 6. The molecule has 0 fully saturated rings. The summed E-state index contributed by atoms with van der Waals surface area (Å²) in [5.74, 6) is 0. The van der Waals surface area contributed by atoms with Gasteiger partial charge in [0.05, 0.1) is 0 Å². The Balaban J connectivity index is 4.73. The average molecular weight is 277 g/mol. The van der Waals surface area contributed by atoms with Gasteiger partial charge in [-0.3, -0.25) is 9.13 Å². The van der Waals surface area contributed by atoms with E-state index in [4.69, 9.17) is 19.6 Å². The number of hydrogen-bond acceptors (Lipinski definition) is 4. The van der Waals surface area contributed by atoms with Gasteiger partial charge in [-0.15, -0.1) is 0 Å². The standard InChI is InChI=1S/C6H17NO7P2/c1-2-4-7-5-3-6(8,15(9,10)11)16(12,13)14/h7-8H,2-5H2,1H3,(H2,9,10,11)(H2,12,13,14). The van der Waals surface area contributed by atoms with Gasteiger partial charge in [0.1, 0.15) is 0 Å². The fourth-order valence-corrected chi connectivity index (χ4v) is 3.18. The van der Waals surface area contributed by atoms with E-state index in [1.54, 1.807) is 0 Å². The average Bonchev–Trinajstić information content (AvgIpc) is 2.08. The van der Waals surface area contributed by atoms with Gasteiger partial charge in [-0.25, -0.2) is 0 Å². The van der Waals surface area contributed by atoms with Crippen molar-refractivity contribution in [2.75, 3.05) is 13.1 Å². The van der Waals surface area contributed by atoms with E-state index in [9.17, 15) is 14.2 Å². The third-order valence-corrected chi connectivity index (χ3v) is 5.87. The zero-order valence-corrected chi connectivity index (χ0v) is 10.6. The van der Waals surface area contributed by atoms with Crippen molar-refractivity contribution < 1.29 is 33.8 Å². The topological polar surface area (TPSA) is 147 Å². The molecule has 0 heterocycles. The first-order valence-corrected chi connectivity index (χ1v) is 7.83. The Morgan fingerprint density at radius 2 is 1.50 bits per heavy atom. The second-order valence-electron chi connectivity index (χ2n) is 3.36. The van der Waals surface area contributed by atoms with E-state index in [1.807, 2.05) is 6.92 Å². The van der Waals surface area contributed by atoms with Crippen LogP contribution in [-0.4, -0.2) is 42.9 Å². The van der Waals surface area contributed by atoms with Crippen LogP contribution >= 0.6 is 15.2 Å². The maximum atomic E-state index is 10.9. The molecule has 0 bridgehead atoms. The van der Waals surface area contributed by atoms with Crippen LogP contribution in [0, 0.1) is 0 Å². The predicted octanol–water partition coefficient (Wildman–Crippen LogP) is -0.622. The van der Waals surface area contributed by atoms with Crippen LogP contribution in [0.1, 0.15) is 19.8 Å². The lowest BCUT2D eigenvalue weighted by Gasteiger charge is -2.29. The first-order chi connectivity index (χ1) is 7.06. The molecule has 98 valence electrons. The van der Waals surface area contributed by atoms with Crippen LogP contribution < -0.4 is 5.32 Å². The van der Waals surface area contributed by atoms with E-state index in [2.05, 4.69) is 5.32 Å². The van der Waals surface area contributed by atoms with Crippen LogP contribution in [0.5, 0.6) is 0 Å². The lowest BCUT2D eigenvalue weighted by molar-refractivity contribution is 0.123. The summed E-state index contributed by atoms with van der Waals surface area (Å²) in [6, 6.07) is 0. The third-order valence-electron chi connectivity index (χ3n) is 2.00. The van der Waals surface area contributed by atoms with Gasteiger partial charge in [0.15, 0.2) is 0 Å². The summed E-state index contributed by atoms with van der Waals surface area (Å²) in [4.78, 5) is 35.1. The molecule has 0 rings (SSSR count). The molecule has 0 radical (unpaired) electrons. The van der Waals surface area contributed by atoms with E-state index >= 15 is 0 Å². The number of rotatable bonds is 7. The molecular formula is C6H17NO7P2. The zero-order valence-electron chi connectivity index (χ0n) is 8.78. The molecule has 0 unspecified atom stereocenters. The van der Waals surface area contributed by atoms with Crippen molar-refractivity contribution in [3.8, 4) is 0 Å². The van der Waals surface area contributed by atoms with Crippen molar-refractivity contribution in [2.45, 2.75) is 24.8 Å². The van der Waals surface area contributed by atoms with Crippen LogP contribution in [0.15, 0.2) is 0 Å². The summed E-state index contributed by atoms with van der Waals surface area (Å²) in [7, 11) is -10.6. The molecule has 0 aliphatic heterocycles. The number of nitrogens with one attached hydrogen (secondary N) is 1. The fraction of sp³-hybridized carbons (Fsp3) is 1.00. The molecule has 0 saturated carbocycles. The molecule has 0 aromatic rings. The molecule has 16 heavy (non-hydrogen) atoms. The second-order valence-corrected chi connectivity index (χ2v) is 7.37. The van der Waals surface area contributed by atoms with E-state index in [-0.39, 0.29) is 6.54 Å². The van der Waals surface area contributed by atoms with Crippen molar-refractivity contribution in [2.24, 2.45) is 0 Å². The molecule has 8 nitrogen and oxygen atoms in total. The van der Waals surface area contributed by atoms with Crippen molar-refractivity contribution in [3.63, 3.8) is 0 Å². The highest BCUT2D eigenvalue weighted by molar-refractivity contribution is 7.72. The first kappa shape index (κ1) is 16.2. The minimum atomic E-state index is -5.31. The highest BCUT2D eigenvalue weighted by Crippen LogP contribution is 2.68. The van der Waals surface area contributed by atoms with E-state index in [0.29, 0.717) is 6.54 Å². The monoisotopic (exact) mass is 277 g/mol. The van der Waals surface area contributed by atoms with Gasteiger partial charge in [-0.1, -0.05) is 6.92 Å². The Kier molecular flexibility index (Phi) is 5.79. The summed E-state index contributed by atoms with van der Waals surface area (Å²) < 4.78 is 21.8. The Morgan fingerprint density at radius 1 is 1.06 bits per heavy atom. The summed E-state index contributed by atoms with van der Waals surface area (Å²) in [6.07, 6.45) is 0.0335. The maximum absolute atomic E-state index is 10.9. The van der Waals surface area contributed by atoms with Crippen LogP contribution in [0.4, 0.5) is 0 Å². The van der Waals surface area contributed by atoms with Gasteiger partial charge in [-0.2, -0.15) is 0 Å². The van der Waals surface area contributed by atoms with Crippen molar-refractivity contribution in [1.82, 2.24) is 5.32 Å². The summed E-state index contributed by atoms with van der Waals surface area (Å²) in [5, 5.41) is 8.80. The van der Waals surface area contributed by atoms with Crippen molar-refractivity contribution in [1.29, 1.82) is 0 Å². The highest BCUT2D eigenvalue weighted by atomic mass is 31.2. The minimum absolute atomic E-state index is 0.0967. The van der Waals surface area contributed by atoms with Gasteiger partial charge in [-0.05, 0) is 19.5 Å². The Morgan fingerprint density at radius 3 is 1.81 bits per heavy atom. The molecule has 0 aliphatic rings. The highest BCUT2D eigenvalue weighted by Gasteiger charge is 2.58. The van der Waals surface area contributed by atoms with Crippen molar-refractivity contribution in [3.05, 3.63) is 0 Å². The molecular weight excluding hydrogens is 260 g/mol. The first-order valence-electron chi connectivity index (χ1n) is 4.60. The summed E-state index contributed by atoms with van der Waals surface area (Å²) in [5.41, 5.74) is 0. The Labute approximate surface area is 93.0 Å². The smallest absolute Gasteiger partial charge is 0.367 e. The van der Waals surface area contributed by atoms with Gasteiger partial charge in [0.25, 0.3) is 5.08 Å². The molecule has 0 spiro atoms. The Hall–Kier alpha value is 0.220. The normalized spacial score (nSPS) is 14.1. The number of aliphatic hydroxyl groups is 1. The molecule has 0 aliphatic carbocycles. The van der Waals surface area contributed by atoms with E-state index < -0.39 is 26.7 Å². The second kappa shape index (κ2) is 5.71. The molecule has 0 atom stereocenters. The third kappa shape index (κ3) is 3.91. The van der Waals surface area contributed by atoms with Crippen molar-refractivity contribution >= 4 is 15.2 Å². The van der Waals surface area contributed by atoms with Crippen LogP contribution in [-0.2, 0) is 9.13 Å². The van der Waals surface area contributed by atoms with E-state index in [0.717, 1.165) is 6.42 Å². The zero-order chi connectivity index (χ0) is 13.0. The lowest BCUT2D eigenvalue weighted by atomic mass is 10.4. The van der Waals surface area contributed by atoms with Crippen LogP contribution in [0.3, 0.4) is 0 Å². The molecule has 10 heteroatoms. The quantitative estimate of drug-likeness (QED) is 0.266. The molecule has 0 saturated heterocycles. The van der Waals surface area contributed by atoms with Gasteiger partial charge >= 0.3 is 15.2 Å². The van der Waals surface area contributed by atoms with Gasteiger partial charge in [0, 0.05) is 6.42 Å². The summed E-state index contributed by atoms with van der Waals surface area (Å²) >= 11 is 0. The molecule has 0 aromatic heterocycles. The maximum Gasteiger partial charge on any atom is 0.369 e. The molecule has 6 N–H and O–H groups in total. The van der Waals surface area contributed by atoms with Gasteiger partial charge in [0.2, 0.25) is 0 Å². The summed E-state index contributed by atoms with van der Waals surface area (Å²) in [6.45, 7) is 2.28. The fourth-order valence-electron chi connectivity index (χ4n) is 1.02. The van der Waals surface area contributed by atoms with Crippen LogP contribution in [0.2, 0.25) is 0 Å². The molecule has 0 amide bonds. The van der Waals surface area contributed by atoms with Gasteiger partial charge < -0.3 is 30.0 Å². The molecule has 0 aromatic carbocycles. The minimum Gasteiger partial charge on any atom is -0.367 e. The predicted molar refractivity (Wildman–Crippen MR) is 56.8 cm³/mol. The van der Waals surface area contributed by atoms with E-state index in [1.165, 1.54) is 0 Å².